The highest BCUT2D eigenvalue weighted by atomic mass is 32.1. The Balaban J connectivity index is 1.50. The van der Waals surface area contributed by atoms with Gasteiger partial charge >= 0.3 is 5.97 Å². The molecule has 7 nitrogen and oxygen atoms in total. The summed E-state index contributed by atoms with van der Waals surface area (Å²) in [6.45, 7) is 0.527. The van der Waals surface area contributed by atoms with Crippen LogP contribution in [0.5, 0.6) is 0 Å². The van der Waals surface area contributed by atoms with E-state index in [1.807, 2.05) is 17.5 Å². The normalized spacial score (nSPS) is 17.8. The van der Waals surface area contributed by atoms with E-state index in [4.69, 9.17) is 4.52 Å². The second-order valence-corrected chi connectivity index (χ2v) is 6.73. The summed E-state index contributed by atoms with van der Waals surface area (Å²) in [6, 6.07) is 3.16. The molecule has 1 atom stereocenters. The van der Waals surface area contributed by atoms with Crippen LogP contribution in [0.3, 0.4) is 0 Å². The lowest BCUT2D eigenvalue weighted by Gasteiger charge is -2.33. The number of carbonyl (C=O) groups is 2. The molecule has 0 bridgehead atoms. The van der Waals surface area contributed by atoms with Crippen LogP contribution in [0.25, 0.3) is 10.7 Å². The molecule has 2 aromatic heterocycles. The Morgan fingerprint density at radius 3 is 3.04 bits per heavy atom. The van der Waals surface area contributed by atoms with Crippen LogP contribution < -0.4 is 0 Å². The minimum absolute atomic E-state index is 0.111. The fourth-order valence-electron chi connectivity index (χ4n) is 2.88. The van der Waals surface area contributed by atoms with E-state index in [0.717, 1.165) is 17.7 Å². The van der Waals surface area contributed by atoms with Gasteiger partial charge in [-0.2, -0.15) is 4.98 Å². The van der Waals surface area contributed by atoms with E-state index < -0.39 is 12.0 Å². The van der Waals surface area contributed by atoms with E-state index in [-0.39, 0.29) is 5.91 Å². The molecule has 3 heterocycles. The van der Waals surface area contributed by atoms with Crippen LogP contribution in [0, 0.1) is 0 Å². The largest absolute Gasteiger partial charge is 0.480 e. The smallest absolute Gasteiger partial charge is 0.326 e. The molecule has 24 heavy (non-hydrogen) atoms. The van der Waals surface area contributed by atoms with E-state index in [2.05, 4.69) is 10.1 Å². The number of amides is 1. The van der Waals surface area contributed by atoms with Gasteiger partial charge in [0.25, 0.3) is 0 Å². The third-order valence-electron chi connectivity index (χ3n) is 4.10. The molecule has 2 aromatic rings. The van der Waals surface area contributed by atoms with Gasteiger partial charge in [0.2, 0.25) is 17.6 Å². The molecule has 1 aliphatic heterocycles. The van der Waals surface area contributed by atoms with Gasteiger partial charge < -0.3 is 14.5 Å². The third-order valence-corrected chi connectivity index (χ3v) is 4.96. The van der Waals surface area contributed by atoms with Crippen molar-refractivity contribution < 1.29 is 19.2 Å². The van der Waals surface area contributed by atoms with E-state index >= 15 is 0 Å². The maximum atomic E-state index is 12.3. The van der Waals surface area contributed by atoms with Gasteiger partial charge in [-0.15, -0.1) is 11.3 Å². The summed E-state index contributed by atoms with van der Waals surface area (Å²) in [5.74, 6) is 0.0357. The maximum Gasteiger partial charge on any atom is 0.326 e. The number of hydrogen-bond acceptors (Lipinski definition) is 6. The first-order valence-electron chi connectivity index (χ1n) is 8.04. The second-order valence-electron chi connectivity index (χ2n) is 5.78. The van der Waals surface area contributed by atoms with Gasteiger partial charge in [0.15, 0.2) is 0 Å². The zero-order chi connectivity index (χ0) is 16.9. The highest BCUT2D eigenvalue weighted by Crippen LogP contribution is 2.22. The fourth-order valence-corrected chi connectivity index (χ4v) is 3.53. The van der Waals surface area contributed by atoms with Crippen LogP contribution in [0.1, 0.15) is 38.0 Å². The number of rotatable bonds is 6. The van der Waals surface area contributed by atoms with Crippen molar-refractivity contribution >= 4 is 23.2 Å². The summed E-state index contributed by atoms with van der Waals surface area (Å²) in [5.41, 5.74) is 0. The molecule has 128 valence electrons. The van der Waals surface area contributed by atoms with Crippen molar-refractivity contribution in [3.63, 3.8) is 0 Å². The fraction of sp³-hybridized carbons (Fsp3) is 0.500. The minimum Gasteiger partial charge on any atom is -0.480 e. The van der Waals surface area contributed by atoms with Crippen molar-refractivity contribution in [3.05, 3.63) is 23.4 Å². The third kappa shape index (κ3) is 3.81. The quantitative estimate of drug-likeness (QED) is 0.861. The molecule has 8 heteroatoms. The van der Waals surface area contributed by atoms with Crippen molar-refractivity contribution in [2.45, 2.75) is 44.6 Å². The summed E-state index contributed by atoms with van der Waals surface area (Å²) in [4.78, 5) is 30.3. The summed E-state index contributed by atoms with van der Waals surface area (Å²) in [7, 11) is 0. The van der Waals surface area contributed by atoms with Gasteiger partial charge in [0.1, 0.15) is 6.04 Å². The molecule has 1 fully saturated rings. The Bertz CT molecular complexity index is 698. The van der Waals surface area contributed by atoms with Crippen LogP contribution >= 0.6 is 11.3 Å². The highest BCUT2D eigenvalue weighted by Gasteiger charge is 2.31. The predicted octanol–water partition coefficient (Wildman–Crippen LogP) is 2.59. The molecule has 0 saturated carbocycles. The molecule has 0 aromatic carbocycles. The van der Waals surface area contributed by atoms with E-state index in [0.29, 0.717) is 43.9 Å². The first-order valence-corrected chi connectivity index (χ1v) is 8.92. The molecular formula is C16H19N3O4S. The minimum atomic E-state index is -0.916. The maximum absolute atomic E-state index is 12.3. The summed E-state index contributed by atoms with van der Waals surface area (Å²) < 4.78 is 5.20. The lowest BCUT2D eigenvalue weighted by molar-refractivity contribution is -0.152. The first kappa shape index (κ1) is 16.6. The summed E-state index contributed by atoms with van der Waals surface area (Å²) in [6.07, 6.45) is 3.62. The van der Waals surface area contributed by atoms with Gasteiger partial charge in [-0.25, -0.2) is 4.79 Å². The highest BCUT2D eigenvalue weighted by molar-refractivity contribution is 7.13. The lowest BCUT2D eigenvalue weighted by atomic mass is 10.0. The van der Waals surface area contributed by atoms with Crippen LogP contribution in [0.2, 0.25) is 0 Å². The Hall–Kier alpha value is -2.22. The second kappa shape index (κ2) is 7.57. The average Bonchev–Trinajstić information content (AvgIpc) is 3.26. The zero-order valence-electron chi connectivity index (χ0n) is 13.2. The number of carbonyl (C=O) groups excluding carboxylic acids is 1. The number of aliphatic carboxylic acids is 1. The van der Waals surface area contributed by atoms with Gasteiger partial charge in [-0.1, -0.05) is 11.2 Å². The Kier molecular flexibility index (Phi) is 5.24. The molecule has 3 rings (SSSR count). The lowest BCUT2D eigenvalue weighted by Crippen LogP contribution is -2.47. The molecular weight excluding hydrogens is 330 g/mol. The number of carboxylic acids is 1. The van der Waals surface area contributed by atoms with Crippen LogP contribution in [-0.4, -0.2) is 44.6 Å². The van der Waals surface area contributed by atoms with E-state index in [1.54, 1.807) is 0 Å². The van der Waals surface area contributed by atoms with Crippen molar-refractivity contribution in [1.82, 2.24) is 15.0 Å². The van der Waals surface area contributed by atoms with Gasteiger partial charge in [-0.3, -0.25) is 4.79 Å². The van der Waals surface area contributed by atoms with Crippen LogP contribution in [0.4, 0.5) is 0 Å². The number of likely N-dealkylation sites (tertiary alicyclic amines) is 1. The number of aromatic nitrogens is 2. The van der Waals surface area contributed by atoms with Gasteiger partial charge in [0, 0.05) is 19.4 Å². The summed E-state index contributed by atoms with van der Waals surface area (Å²) >= 11 is 1.54. The van der Waals surface area contributed by atoms with Gasteiger partial charge in [-0.05, 0) is 37.1 Å². The topological polar surface area (TPSA) is 96.5 Å². The zero-order valence-corrected chi connectivity index (χ0v) is 14.0. The van der Waals surface area contributed by atoms with Crippen molar-refractivity contribution in [1.29, 1.82) is 0 Å². The van der Waals surface area contributed by atoms with Crippen molar-refractivity contribution in [2.75, 3.05) is 6.54 Å². The first-order chi connectivity index (χ1) is 11.6. The molecule has 0 unspecified atom stereocenters. The average molecular weight is 349 g/mol. The molecule has 1 saturated heterocycles. The Morgan fingerprint density at radius 1 is 1.42 bits per heavy atom. The van der Waals surface area contributed by atoms with Crippen LogP contribution in [0.15, 0.2) is 22.0 Å². The number of thiophene rings is 1. The molecule has 0 radical (unpaired) electrons. The van der Waals surface area contributed by atoms with Crippen molar-refractivity contribution in [3.8, 4) is 10.7 Å². The predicted molar refractivity (Wildman–Crippen MR) is 87.5 cm³/mol. The summed E-state index contributed by atoms with van der Waals surface area (Å²) in [5, 5.41) is 15.1. The monoisotopic (exact) mass is 349 g/mol. The van der Waals surface area contributed by atoms with Crippen molar-refractivity contribution in [2.24, 2.45) is 0 Å². The number of carboxylic acid groups (broad SMARTS) is 1. The molecule has 1 amide bonds. The molecule has 0 aliphatic carbocycles. The SMILES string of the molecule is O=C(O)[C@H]1CCCCN1C(=O)CCCc1nc(-c2cccs2)no1. The van der Waals surface area contributed by atoms with E-state index in [1.165, 1.54) is 16.2 Å². The standard InChI is InChI=1S/C16H19N3O4S/c20-14(19-9-2-1-5-11(19)16(21)22)8-3-7-13-17-15(18-23-13)12-6-4-10-24-12/h4,6,10-11H,1-3,5,7-9H2,(H,21,22)/t11-/m1/s1. The van der Waals surface area contributed by atoms with E-state index in [9.17, 15) is 14.7 Å². The number of hydrogen-bond donors (Lipinski definition) is 1. The number of aryl methyl sites for hydroxylation is 1. The molecule has 0 spiro atoms. The Labute approximate surface area is 143 Å². The van der Waals surface area contributed by atoms with Crippen LogP contribution in [-0.2, 0) is 16.0 Å². The number of piperidine rings is 1. The van der Waals surface area contributed by atoms with Gasteiger partial charge in [0.05, 0.1) is 4.88 Å². The molecule has 1 N–H and O–H groups in total. The molecule has 1 aliphatic rings. The Morgan fingerprint density at radius 2 is 2.29 bits per heavy atom. The number of nitrogens with zero attached hydrogens (tertiary/aromatic N) is 3.